The average Bonchev–Trinajstić information content (AvgIpc) is 2.57. The fourth-order valence-electron chi connectivity index (χ4n) is 0.419. The number of nitrogens with zero attached hydrogens (tertiary/aromatic N) is 1. The number of hydrogen-bond acceptors (Lipinski definition) is 3. The molecule has 0 bridgehead atoms. The second-order valence-corrected chi connectivity index (χ2v) is 2.41. The Bertz CT molecular complexity index is 254. The van der Waals surface area contributed by atoms with Crippen molar-refractivity contribution >= 4 is 12.3 Å². The summed E-state index contributed by atoms with van der Waals surface area (Å²) in [5.74, 6) is -0.333. The Kier molecular flexibility index (Phi) is 5.02. The Balaban J connectivity index is 0.000000252. The van der Waals surface area contributed by atoms with Gasteiger partial charge in [-0.25, -0.2) is 0 Å². The van der Waals surface area contributed by atoms with Crippen molar-refractivity contribution in [1.82, 2.24) is 4.90 Å². The van der Waals surface area contributed by atoms with Gasteiger partial charge in [0.2, 0.25) is 6.41 Å². The lowest BCUT2D eigenvalue weighted by atomic mass is 10.4. The fourth-order valence-corrected chi connectivity index (χ4v) is 0.419. The van der Waals surface area contributed by atoms with Crippen LogP contribution < -0.4 is 5.73 Å². The molecule has 0 aliphatic rings. The molecular weight excluding hydrogens is 172 g/mol. The summed E-state index contributed by atoms with van der Waals surface area (Å²) in [5, 5.41) is 0. The molecule has 2 N–H and O–H groups in total. The summed E-state index contributed by atoms with van der Waals surface area (Å²) in [6, 6.07) is 3.13. The third-order valence-corrected chi connectivity index (χ3v) is 0.975. The molecule has 0 unspecified atom stereocenters. The highest BCUT2D eigenvalue weighted by molar-refractivity contribution is 5.89. The standard InChI is InChI=1S/C5H5NO2.C3H7NO/c6-5(7)4-2-1-3-8-4;1-4(2)3-5/h1-3H,(H2,6,7);3H,1-2H3. The molecular formula is C8H12N2O3. The van der Waals surface area contributed by atoms with E-state index in [2.05, 4.69) is 4.42 Å². The first-order chi connectivity index (χ1) is 6.07. The minimum atomic E-state index is -0.532. The molecule has 2 amide bonds. The second-order valence-electron chi connectivity index (χ2n) is 2.41. The molecule has 0 spiro atoms. The highest BCUT2D eigenvalue weighted by atomic mass is 16.3. The van der Waals surface area contributed by atoms with Crippen LogP contribution in [0.15, 0.2) is 22.8 Å². The van der Waals surface area contributed by atoms with Gasteiger partial charge in [0.15, 0.2) is 5.76 Å². The van der Waals surface area contributed by atoms with E-state index in [1.807, 2.05) is 0 Å². The summed E-state index contributed by atoms with van der Waals surface area (Å²) in [7, 11) is 3.38. The van der Waals surface area contributed by atoms with E-state index in [0.29, 0.717) is 0 Å². The van der Waals surface area contributed by atoms with E-state index in [1.165, 1.54) is 17.2 Å². The molecule has 0 aliphatic heterocycles. The summed E-state index contributed by atoms with van der Waals surface area (Å²) in [5.41, 5.74) is 4.83. The highest BCUT2D eigenvalue weighted by Crippen LogP contribution is 1.96. The van der Waals surface area contributed by atoms with Crippen molar-refractivity contribution in [3.63, 3.8) is 0 Å². The quantitative estimate of drug-likeness (QED) is 0.661. The van der Waals surface area contributed by atoms with E-state index in [9.17, 15) is 9.59 Å². The van der Waals surface area contributed by atoms with Crippen LogP contribution in [0.25, 0.3) is 0 Å². The van der Waals surface area contributed by atoms with Crippen LogP contribution in [-0.2, 0) is 4.79 Å². The number of hydrogen-bond donors (Lipinski definition) is 1. The molecule has 0 atom stereocenters. The van der Waals surface area contributed by atoms with E-state index >= 15 is 0 Å². The van der Waals surface area contributed by atoms with Crippen molar-refractivity contribution in [3.8, 4) is 0 Å². The van der Waals surface area contributed by atoms with Crippen LogP contribution in [0.3, 0.4) is 0 Å². The summed E-state index contributed by atoms with van der Waals surface area (Å²) >= 11 is 0. The minimum absolute atomic E-state index is 0.199. The van der Waals surface area contributed by atoms with Gasteiger partial charge in [0, 0.05) is 14.1 Å². The Hall–Kier alpha value is -1.78. The van der Waals surface area contributed by atoms with Crippen molar-refractivity contribution in [1.29, 1.82) is 0 Å². The van der Waals surface area contributed by atoms with E-state index in [4.69, 9.17) is 5.73 Å². The predicted octanol–water partition coefficient (Wildman–Crippen LogP) is 0.0829. The van der Waals surface area contributed by atoms with Gasteiger partial charge in [-0.1, -0.05) is 0 Å². The molecule has 0 saturated carbocycles. The number of furan rings is 1. The van der Waals surface area contributed by atoms with E-state index < -0.39 is 5.91 Å². The second kappa shape index (κ2) is 5.82. The van der Waals surface area contributed by atoms with Crippen LogP contribution in [-0.4, -0.2) is 31.3 Å². The van der Waals surface area contributed by atoms with Crippen LogP contribution in [0, 0.1) is 0 Å². The van der Waals surface area contributed by atoms with Gasteiger partial charge in [-0.2, -0.15) is 0 Å². The van der Waals surface area contributed by atoms with Gasteiger partial charge in [0.25, 0.3) is 5.91 Å². The maximum Gasteiger partial charge on any atom is 0.284 e. The Morgan fingerprint density at radius 1 is 1.62 bits per heavy atom. The van der Waals surface area contributed by atoms with Crippen LogP contribution in [0.2, 0.25) is 0 Å². The first-order valence-electron chi connectivity index (χ1n) is 3.53. The number of primary amides is 1. The number of amides is 2. The SMILES string of the molecule is CN(C)C=O.NC(=O)c1ccco1. The lowest BCUT2D eigenvalue weighted by molar-refractivity contribution is -0.115. The van der Waals surface area contributed by atoms with Crippen molar-refractivity contribution in [2.45, 2.75) is 0 Å². The number of rotatable bonds is 2. The minimum Gasteiger partial charge on any atom is -0.459 e. The largest absolute Gasteiger partial charge is 0.459 e. The molecule has 0 radical (unpaired) electrons. The molecule has 5 nitrogen and oxygen atoms in total. The highest BCUT2D eigenvalue weighted by Gasteiger charge is 1.98. The van der Waals surface area contributed by atoms with Crippen molar-refractivity contribution in [2.75, 3.05) is 14.1 Å². The van der Waals surface area contributed by atoms with Gasteiger partial charge in [-0.05, 0) is 12.1 Å². The average molecular weight is 184 g/mol. The first kappa shape index (κ1) is 11.2. The summed E-state index contributed by atoms with van der Waals surface area (Å²) < 4.78 is 4.62. The van der Waals surface area contributed by atoms with Crippen LogP contribution in [0.1, 0.15) is 10.6 Å². The van der Waals surface area contributed by atoms with Crippen LogP contribution in [0.4, 0.5) is 0 Å². The van der Waals surface area contributed by atoms with Crippen molar-refractivity contribution < 1.29 is 14.0 Å². The van der Waals surface area contributed by atoms with Gasteiger partial charge >= 0.3 is 0 Å². The predicted molar refractivity (Wildman–Crippen MR) is 47.0 cm³/mol. The molecule has 1 heterocycles. The van der Waals surface area contributed by atoms with E-state index in [0.717, 1.165) is 6.41 Å². The number of nitrogens with two attached hydrogens (primary N) is 1. The monoisotopic (exact) mass is 184 g/mol. The summed E-state index contributed by atoms with van der Waals surface area (Å²) in [4.78, 5) is 21.1. The molecule has 5 heteroatoms. The molecule has 72 valence electrons. The summed E-state index contributed by atoms with van der Waals surface area (Å²) in [6.45, 7) is 0. The molecule has 1 aromatic rings. The molecule has 1 rings (SSSR count). The summed E-state index contributed by atoms with van der Waals surface area (Å²) in [6.07, 6.45) is 2.15. The lowest BCUT2D eigenvalue weighted by Gasteiger charge is -1.93. The third kappa shape index (κ3) is 5.49. The Labute approximate surface area is 76.1 Å². The normalized spacial score (nSPS) is 8.15. The van der Waals surface area contributed by atoms with Gasteiger partial charge in [0.05, 0.1) is 6.26 Å². The van der Waals surface area contributed by atoms with Gasteiger partial charge in [-0.15, -0.1) is 0 Å². The van der Waals surface area contributed by atoms with Crippen LogP contribution in [0.5, 0.6) is 0 Å². The van der Waals surface area contributed by atoms with Gasteiger partial charge in [-0.3, -0.25) is 9.59 Å². The fraction of sp³-hybridized carbons (Fsp3) is 0.250. The van der Waals surface area contributed by atoms with E-state index in [1.54, 1.807) is 20.2 Å². The molecule has 0 aliphatic carbocycles. The maximum atomic E-state index is 10.2. The van der Waals surface area contributed by atoms with E-state index in [-0.39, 0.29) is 5.76 Å². The molecule has 0 aromatic carbocycles. The third-order valence-electron chi connectivity index (χ3n) is 0.975. The molecule has 0 saturated heterocycles. The van der Waals surface area contributed by atoms with Crippen molar-refractivity contribution in [3.05, 3.63) is 24.2 Å². The molecule has 13 heavy (non-hydrogen) atoms. The zero-order valence-corrected chi connectivity index (χ0v) is 7.56. The van der Waals surface area contributed by atoms with Crippen LogP contribution >= 0.6 is 0 Å². The number of carbonyl (C=O) groups is 2. The lowest BCUT2D eigenvalue weighted by Crippen LogP contribution is -2.08. The first-order valence-corrected chi connectivity index (χ1v) is 3.53. The zero-order valence-electron chi connectivity index (χ0n) is 7.56. The smallest absolute Gasteiger partial charge is 0.284 e. The number of carbonyl (C=O) groups excluding carboxylic acids is 2. The van der Waals surface area contributed by atoms with Crippen molar-refractivity contribution in [2.24, 2.45) is 5.73 Å². The van der Waals surface area contributed by atoms with Gasteiger partial charge < -0.3 is 15.1 Å². The topological polar surface area (TPSA) is 76.5 Å². The Morgan fingerprint density at radius 3 is 2.31 bits per heavy atom. The molecule has 0 fully saturated rings. The van der Waals surface area contributed by atoms with Gasteiger partial charge in [0.1, 0.15) is 0 Å². The maximum absolute atomic E-state index is 10.2. The zero-order chi connectivity index (χ0) is 10.3. The Morgan fingerprint density at radius 2 is 2.15 bits per heavy atom. The molecule has 1 aromatic heterocycles.